The second-order valence-electron chi connectivity index (χ2n) is 5.49. The maximum Gasteiger partial charge on any atom is 0.337 e. The van der Waals surface area contributed by atoms with Crippen LogP contribution in [0.15, 0.2) is 16.6 Å². The van der Waals surface area contributed by atoms with E-state index in [9.17, 15) is 4.79 Å². The zero-order valence-electron chi connectivity index (χ0n) is 13.2. The summed E-state index contributed by atoms with van der Waals surface area (Å²) in [5.74, 6) is -0.606. The maximum atomic E-state index is 11.1. The predicted molar refractivity (Wildman–Crippen MR) is 93.6 cm³/mol. The minimum absolute atomic E-state index is 0.0697. The Morgan fingerprint density at radius 3 is 2.32 bits per heavy atom. The molecular formula is C17H26BrNO3. The first-order chi connectivity index (χ1) is 10.6. The van der Waals surface area contributed by atoms with Crippen molar-refractivity contribution in [2.45, 2.75) is 58.3 Å². The number of halogens is 1. The van der Waals surface area contributed by atoms with Gasteiger partial charge in [0.05, 0.1) is 17.9 Å². The molecule has 0 aliphatic carbocycles. The van der Waals surface area contributed by atoms with Crippen molar-refractivity contribution in [2.24, 2.45) is 0 Å². The molecule has 0 aliphatic heterocycles. The van der Waals surface area contributed by atoms with Gasteiger partial charge in [0.15, 0.2) is 0 Å². The molecule has 1 rings (SSSR count). The lowest BCUT2D eigenvalue weighted by Crippen LogP contribution is -2.06. The number of carbonyl (C=O) groups is 1. The molecule has 0 aliphatic rings. The molecule has 22 heavy (non-hydrogen) atoms. The zero-order chi connectivity index (χ0) is 16.4. The van der Waals surface area contributed by atoms with Crippen molar-refractivity contribution in [3.63, 3.8) is 0 Å². The Morgan fingerprint density at radius 1 is 1.14 bits per heavy atom. The third-order valence-corrected chi connectivity index (χ3v) is 4.05. The van der Waals surface area contributed by atoms with E-state index in [2.05, 4.69) is 22.9 Å². The van der Waals surface area contributed by atoms with Crippen LogP contribution in [-0.2, 0) is 0 Å². The Bertz CT molecular complexity index is 477. The van der Waals surface area contributed by atoms with Gasteiger partial charge in [-0.2, -0.15) is 0 Å². The molecule has 0 heterocycles. The van der Waals surface area contributed by atoms with Crippen molar-refractivity contribution in [3.05, 3.63) is 22.2 Å². The van der Waals surface area contributed by atoms with E-state index in [1.807, 2.05) is 0 Å². The normalized spacial score (nSPS) is 10.6. The molecule has 1 aromatic rings. The first-order valence-corrected chi connectivity index (χ1v) is 8.80. The third-order valence-electron chi connectivity index (χ3n) is 3.59. The molecule has 0 saturated heterocycles. The van der Waals surface area contributed by atoms with E-state index >= 15 is 0 Å². The van der Waals surface area contributed by atoms with Crippen LogP contribution in [0.2, 0.25) is 0 Å². The summed E-state index contributed by atoms with van der Waals surface area (Å²) in [6.07, 6.45) is 9.85. The lowest BCUT2D eigenvalue weighted by atomic mass is 10.1. The highest BCUT2D eigenvalue weighted by Gasteiger charge is 2.14. The number of ether oxygens (including phenoxy) is 1. The second kappa shape index (κ2) is 10.5. The van der Waals surface area contributed by atoms with Crippen LogP contribution in [0.1, 0.15) is 68.6 Å². The number of rotatable bonds is 11. The van der Waals surface area contributed by atoms with Crippen LogP contribution in [-0.4, -0.2) is 17.7 Å². The van der Waals surface area contributed by atoms with Gasteiger partial charge in [-0.05, 0) is 18.6 Å². The third kappa shape index (κ3) is 6.69. The molecule has 0 amide bonds. The average Bonchev–Trinajstić information content (AvgIpc) is 2.48. The molecule has 0 fully saturated rings. The van der Waals surface area contributed by atoms with E-state index in [1.165, 1.54) is 44.6 Å². The van der Waals surface area contributed by atoms with Crippen LogP contribution in [0.4, 0.5) is 5.69 Å². The number of hydrogen-bond acceptors (Lipinski definition) is 3. The fourth-order valence-electron chi connectivity index (χ4n) is 2.31. The van der Waals surface area contributed by atoms with Crippen molar-refractivity contribution >= 4 is 27.6 Å². The summed E-state index contributed by atoms with van der Waals surface area (Å²) in [6, 6.07) is 3.20. The molecule has 0 aromatic heterocycles. The van der Waals surface area contributed by atoms with Gasteiger partial charge >= 0.3 is 5.97 Å². The minimum Gasteiger partial charge on any atom is -0.491 e. The van der Waals surface area contributed by atoms with Gasteiger partial charge in [0.1, 0.15) is 5.75 Å². The fourth-order valence-corrected chi connectivity index (χ4v) is 2.74. The lowest BCUT2D eigenvalue weighted by Gasteiger charge is -2.11. The van der Waals surface area contributed by atoms with Gasteiger partial charge in [0.2, 0.25) is 0 Å². The number of carboxylic acids is 1. The molecular weight excluding hydrogens is 346 g/mol. The summed E-state index contributed by atoms with van der Waals surface area (Å²) >= 11 is 3.28. The Kier molecular flexibility index (Phi) is 8.97. The number of nitrogen functional groups attached to an aromatic ring is 1. The zero-order valence-corrected chi connectivity index (χ0v) is 14.8. The minimum atomic E-state index is -1.05. The summed E-state index contributed by atoms with van der Waals surface area (Å²) in [7, 11) is 0. The van der Waals surface area contributed by atoms with Crippen molar-refractivity contribution in [2.75, 3.05) is 12.3 Å². The summed E-state index contributed by atoms with van der Waals surface area (Å²) in [6.45, 7) is 2.79. The molecule has 3 N–H and O–H groups in total. The molecule has 0 atom stereocenters. The largest absolute Gasteiger partial charge is 0.491 e. The summed E-state index contributed by atoms with van der Waals surface area (Å²) < 4.78 is 6.29. The predicted octanol–water partition coefficient (Wildman–Crippen LogP) is 5.25. The Balaban J connectivity index is 2.29. The van der Waals surface area contributed by atoms with Crippen LogP contribution in [0.3, 0.4) is 0 Å². The molecule has 0 radical (unpaired) electrons. The summed E-state index contributed by atoms with van der Waals surface area (Å²) in [5, 5.41) is 9.09. The van der Waals surface area contributed by atoms with E-state index in [0.29, 0.717) is 16.8 Å². The van der Waals surface area contributed by atoms with Gasteiger partial charge in [0, 0.05) is 4.47 Å². The monoisotopic (exact) mass is 371 g/mol. The summed E-state index contributed by atoms with van der Waals surface area (Å²) in [5.41, 5.74) is 6.10. The average molecular weight is 372 g/mol. The Hall–Kier alpha value is -1.23. The van der Waals surface area contributed by atoms with Crippen LogP contribution in [0.5, 0.6) is 5.75 Å². The molecule has 0 saturated carbocycles. The first-order valence-electron chi connectivity index (χ1n) is 8.01. The van der Waals surface area contributed by atoms with Gasteiger partial charge in [-0.25, -0.2) is 4.79 Å². The van der Waals surface area contributed by atoms with Crippen molar-refractivity contribution in [1.29, 1.82) is 0 Å². The van der Waals surface area contributed by atoms with Crippen LogP contribution in [0, 0.1) is 0 Å². The van der Waals surface area contributed by atoms with Gasteiger partial charge in [0.25, 0.3) is 0 Å². The highest BCUT2D eigenvalue weighted by molar-refractivity contribution is 9.10. The Morgan fingerprint density at radius 2 is 1.73 bits per heavy atom. The number of benzene rings is 1. The number of hydrogen-bond donors (Lipinski definition) is 2. The number of nitrogens with two attached hydrogens (primary N) is 1. The number of aromatic carboxylic acids is 1. The highest BCUT2D eigenvalue weighted by Crippen LogP contribution is 2.30. The topological polar surface area (TPSA) is 72.5 Å². The van der Waals surface area contributed by atoms with E-state index in [-0.39, 0.29) is 11.3 Å². The van der Waals surface area contributed by atoms with Crippen LogP contribution >= 0.6 is 15.9 Å². The lowest BCUT2D eigenvalue weighted by molar-refractivity contribution is 0.0697. The van der Waals surface area contributed by atoms with E-state index in [4.69, 9.17) is 15.6 Å². The van der Waals surface area contributed by atoms with Gasteiger partial charge in [-0.3, -0.25) is 0 Å². The van der Waals surface area contributed by atoms with Crippen LogP contribution in [0.25, 0.3) is 0 Å². The second-order valence-corrected chi connectivity index (χ2v) is 6.41. The SMILES string of the molecule is CCCCCCCCCCOc1cc(Br)cc(C(=O)O)c1N. The van der Waals surface area contributed by atoms with Gasteiger partial charge in [-0.1, -0.05) is 67.8 Å². The molecule has 5 heteroatoms. The highest BCUT2D eigenvalue weighted by atomic mass is 79.9. The first kappa shape index (κ1) is 18.8. The number of unbranched alkanes of at least 4 members (excludes halogenated alkanes) is 7. The molecule has 1 aromatic carbocycles. The standard InChI is InChI=1S/C17H26BrNO3/c1-2-3-4-5-6-7-8-9-10-22-15-12-13(18)11-14(16(15)19)17(20)21/h11-12H,2-10,19H2,1H3,(H,20,21). The van der Waals surface area contributed by atoms with Gasteiger partial charge < -0.3 is 15.6 Å². The maximum absolute atomic E-state index is 11.1. The van der Waals surface area contributed by atoms with Crippen molar-refractivity contribution < 1.29 is 14.6 Å². The summed E-state index contributed by atoms with van der Waals surface area (Å²) in [4.78, 5) is 11.1. The molecule has 4 nitrogen and oxygen atoms in total. The fraction of sp³-hybridized carbons (Fsp3) is 0.588. The Labute approximate surface area is 141 Å². The molecule has 0 spiro atoms. The number of carboxylic acid groups (broad SMARTS) is 1. The molecule has 0 unspecified atom stereocenters. The van der Waals surface area contributed by atoms with E-state index < -0.39 is 5.97 Å². The molecule has 0 bridgehead atoms. The van der Waals surface area contributed by atoms with E-state index in [0.717, 1.165) is 12.8 Å². The smallest absolute Gasteiger partial charge is 0.337 e. The van der Waals surface area contributed by atoms with Crippen molar-refractivity contribution in [1.82, 2.24) is 0 Å². The van der Waals surface area contributed by atoms with Crippen LogP contribution < -0.4 is 10.5 Å². The van der Waals surface area contributed by atoms with Gasteiger partial charge in [-0.15, -0.1) is 0 Å². The van der Waals surface area contributed by atoms with Crippen molar-refractivity contribution in [3.8, 4) is 5.75 Å². The number of anilines is 1. The van der Waals surface area contributed by atoms with E-state index in [1.54, 1.807) is 6.07 Å². The quantitative estimate of drug-likeness (QED) is 0.411. The molecule has 124 valence electrons.